The molecule has 0 saturated heterocycles. The predicted octanol–water partition coefficient (Wildman–Crippen LogP) is 6.85. The Kier molecular flexibility index (Phi) is 4.65. The van der Waals surface area contributed by atoms with E-state index in [0.29, 0.717) is 0 Å². The van der Waals surface area contributed by atoms with Crippen LogP contribution in [0.1, 0.15) is 35.4 Å². The molecule has 0 aliphatic carbocycles. The number of methoxy groups -OCH3 is 1. The number of ether oxygens (including phenoxy) is 2. The third kappa shape index (κ3) is 3.16. The third-order valence-corrected chi connectivity index (χ3v) is 6.73. The Bertz CT molecular complexity index is 1370. The van der Waals surface area contributed by atoms with Crippen molar-refractivity contribution in [1.29, 1.82) is 0 Å². The molecule has 0 N–H and O–H groups in total. The molecule has 4 nitrogen and oxygen atoms in total. The van der Waals surface area contributed by atoms with Gasteiger partial charge >= 0.3 is 0 Å². The number of hydrazone groups is 1. The monoisotopic (exact) mass is 484 g/mol. The van der Waals surface area contributed by atoms with Crippen LogP contribution < -0.4 is 9.47 Å². The quantitative estimate of drug-likeness (QED) is 0.318. The molecule has 32 heavy (non-hydrogen) atoms. The molecule has 0 spiro atoms. The second kappa shape index (κ2) is 7.68. The van der Waals surface area contributed by atoms with Gasteiger partial charge in [-0.15, -0.1) is 0 Å². The Morgan fingerprint density at radius 2 is 1.72 bits per heavy atom. The van der Waals surface area contributed by atoms with Gasteiger partial charge in [-0.25, -0.2) is 5.01 Å². The zero-order chi connectivity index (χ0) is 21.7. The zero-order valence-corrected chi connectivity index (χ0v) is 19.1. The molecule has 5 heteroatoms. The number of para-hydroxylation sites is 1. The van der Waals surface area contributed by atoms with Gasteiger partial charge in [-0.3, -0.25) is 0 Å². The van der Waals surface area contributed by atoms with Crippen molar-refractivity contribution in [2.24, 2.45) is 5.10 Å². The lowest BCUT2D eigenvalue weighted by atomic mass is 9.95. The highest BCUT2D eigenvalue weighted by atomic mass is 79.9. The molecule has 0 saturated carbocycles. The Balaban J connectivity index is 1.47. The molecule has 4 aromatic rings. The lowest BCUT2D eigenvalue weighted by Gasteiger charge is -2.38. The number of rotatable bonds is 3. The van der Waals surface area contributed by atoms with E-state index < -0.39 is 0 Å². The lowest BCUT2D eigenvalue weighted by Crippen LogP contribution is -2.34. The fourth-order valence-corrected chi connectivity index (χ4v) is 5.06. The highest BCUT2D eigenvalue weighted by Gasteiger charge is 2.42. The van der Waals surface area contributed by atoms with E-state index >= 15 is 0 Å². The summed E-state index contributed by atoms with van der Waals surface area (Å²) >= 11 is 3.63. The molecular weight excluding hydrogens is 464 g/mol. The SMILES string of the molecule is COc1ccccc1[C@@H]1Oc2ccc(Br)cc2[C@H]2CC(c3ccc4ccccc4c3)=NN21. The van der Waals surface area contributed by atoms with Gasteiger partial charge in [0.1, 0.15) is 11.5 Å². The van der Waals surface area contributed by atoms with Crippen molar-refractivity contribution in [3.05, 3.63) is 106 Å². The van der Waals surface area contributed by atoms with Gasteiger partial charge in [0.05, 0.1) is 24.4 Å². The van der Waals surface area contributed by atoms with Crippen molar-refractivity contribution in [1.82, 2.24) is 5.01 Å². The van der Waals surface area contributed by atoms with E-state index in [9.17, 15) is 0 Å². The van der Waals surface area contributed by atoms with E-state index in [1.165, 1.54) is 10.8 Å². The van der Waals surface area contributed by atoms with Gasteiger partial charge in [-0.1, -0.05) is 64.5 Å². The Hall–Kier alpha value is -3.31. The van der Waals surface area contributed by atoms with Crippen molar-refractivity contribution >= 4 is 32.4 Å². The first-order valence-electron chi connectivity index (χ1n) is 10.7. The summed E-state index contributed by atoms with van der Waals surface area (Å²) in [4.78, 5) is 0. The van der Waals surface area contributed by atoms with Crippen molar-refractivity contribution in [2.45, 2.75) is 18.7 Å². The normalized spacial score (nSPS) is 19.2. The molecule has 0 aromatic heterocycles. The number of nitrogens with zero attached hydrogens (tertiary/aromatic N) is 2. The lowest BCUT2D eigenvalue weighted by molar-refractivity contribution is -0.0203. The Morgan fingerprint density at radius 3 is 2.59 bits per heavy atom. The maximum absolute atomic E-state index is 6.50. The van der Waals surface area contributed by atoms with E-state index in [2.05, 4.69) is 69.5 Å². The Morgan fingerprint density at radius 1 is 0.906 bits per heavy atom. The summed E-state index contributed by atoms with van der Waals surface area (Å²) < 4.78 is 13.2. The summed E-state index contributed by atoms with van der Waals surface area (Å²) in [5, 5.41) is 9.65. The van der Waals surface area contributed by atoms with Gasteiger partial charge in [-0.2, -0.15) is 5.10 Å². The largest absolute Gasteiger partial charge is 0.496 e. The first-order chi connectivity index (χ1) is 15.7. The Labute approximate surface area is 195 Å². The molecule has 6 rings (SSSR count). The second-order valence-electron chi connectivity index (χ2n) is 8.10. The molecule has 158 valence electrons. The van der Waals surface area contributed by atoms with Crippen molar-refractivity contribution in [3.8, 4) is 11.5 Å². The van der Waals surface area contributed by atoms with Crippen molar-refractivity contribution < 1.29 is 9.47 Å². The standard InChI is InChI=1S/C27H21BrN2O2/c1-31-25-9-5-4-8-21(25)27-30-24(22-15-20(28)12-13-26(22)32-27)16-23(29-30)19-11-10-17-6-2-3-7-18(17)14-19/h2-15,24,27H,16H2,1H3/t24-,27+/m1/s1. The fourth-order valence-electron chi connectivity index (χ4n) is 4.68. The average Bonchev–Trinajstić information content (AvgIpc) is 3.29. The fraction of sp³-hybridized carbons (Fsp3) is 0.148. The van der Waals surface area contributed by atoms with E-state index in [1.807, 2.05) is 36.4 Å². The molecular formula is C27H21BrN2O2. The van der Waals surface area contributed by atoms with Gasteiger partial charge < -0.3 is 9.47 Å². The van der Waals surface area contributed by atoms with E-state index in [0.717, 1.165) is 44.8 Å². The van der Waals surface area contributed by atoms with Crippen LogP contribution in [-0.2, 0) is 0 Å². The molecule has 2 heterocycles. The number of fused-ring (bicyclic) bond motifs is 4. The number of benzene rings is 4. The smallest absolute Gasteiger partial charge is 0.217 e. The molecule has 2 aliphatic heterocycles. The minimum absolute atomic E-state index is 0.0904. The minimum Gasteiger partial charge on any atom is -0.496 e. The molecule has 0 bridgehead atoms. The van der Waals surface area contributed by atoms with Crippen molar-refractivity contribution in [3.63, 3.8) is 0 Å². The maximum Gasteiger partial charge on any atom is 0.217 e. The number of hydrogen-bond acceptors (Lipinski definition) is 4. The van der Waals surface area contributed by atoms with Crippen LogP contribution >= 0.6 is 15.9 Å². The summed E-state index contributed by atoms with van der Waals surface area (Å²) in [6.07, 6.45) is 0.458. The van der Waals surface area contributed by atoms with Gasteiger partial charge in [0.15, 0.2) is 0 Å². The van der Waals surface area contributed by atoms with Gasteiger partial charge in [0.2, 0.25) is 6.23 Å². The second-order valence-corrected chi connectivity index (χ2v) is 9.02. The van der Waals surface area contributed by atoms with Gasteiger partial charge in [0.25, 0.3) is 0 Å². The van der Waals surface area contributed by atoms with E-state index in [-0.39, 0.29) is 12.3 Å². The van der Waals surface area contributed by atoms with Crippen LogP contribution in [-0.4, -0.2) is 17.8 Å². The average molecular weight is 485 g/mol. The summed E-state index contributed by atoms with van der Waals surface area (Å²) in [5.41, 5.74) is 4.33. The summed E-state index contributed by atoms with van der Waals surface area (Å²) in [7, 11) is 1.69. The van der Waals surface area contributed by atoms with Crippen LogP contribution in [0.4, 0.5) is 0 Å². The van der Waals surface area contributed by atoms with E-state index in [1.54, 1.807) is 7.11 Å². The van der Waals surface area contributed by atoms with Crippen LogP contribution in [0.3, 0.4) is 0 Å². The van der Waals surface area contributed by atoms with Crippen LogP contribution in [0, 0.1) is 0 Å². The predicted molar refractivity (Wildman–Crippen MR) is 130 cm³/mol. The topological polar surface area (TPSA) is 34.1 Å². The molecule has 2 aliphatic rings. The summed E-state index contributed by atoms with van der Waals surface area (Å²) in [6.45, 7) is 0. The number of hydrogen-bond donors (Lipinski definition) is 0. The first kappa shape index (κ1) is 19.4. The maximum atomic E-state index is 6.50. The molecule has 4 aromatic carbocycles. The van der Waals surface area contributed by atoms with Crippen molar-refractivity contribution in [2.75, 3.05) is 7.11 Å². The van der Waals surface area contributed by atoms with E-state index in [4.69, 9.17) is 14.6 Å². The zero-order valence-electron chi connectivity index (χ0n) is 17.5. The molecule has 0 unspecified atom stereocenters. The molecule has 0 radical (unpaired) electrons. The van der Waals surface area contributed by atoms with Crippen LogP contribution in [0.2, 0.25) is 0 Å². The summed E-state index contributed by atoms with van der Waals surface area (Å²) in [6, 6.07) is 29.3. The number of halogens is 1. The first-order valence-corrected chi connectivity index (χ1v) is 11.4. The minimum atomic E-state index is -0.359. The van der Waals surface area contributed by atoms with Crippen LogP contribution in [0.15, 0.2) is 94.5 Å². The third-order valence-electron chi connectivity index (χ3n) is 6.24. The highest BCUT2D eigenvalue weighted by Crippen LogP contribution is 2.49. The summed E-state index contributed by atoms with van der Waals surface area (Å²) in [5.74, 6) is 1.69. The van der Waals surface area contributed by atoms with Crippen LogP contribution in [0.5, 0.6) is 11.5 Å². The molecule has 2 atom stereocenters. The van der Waals surface area contributed by atoms with Gasteiger partial charge in [0, 0.05) is 16.5 Å². The molecule has 0 amide bonds. The molecule has 0 fully saturated rings. The van der Waals surface area contributed by atoms with Gasteiger partial charge in [-0.05, 0) is 52.7 Å². The van der Waals surface area contributed by atoms with Crippen LogP contribution in [0.25, 0.3) is 10.8 Å². The highest BCUT2D eigenvalue weighted by molar-refractivity contribution is 9.10.